The van der Waals surface area contributed by atoms with Gasteiger partial charge in [-0.05, 0) is 12.5 Å². The number of benzene rings is 1. The van der Waals surface area contributed by atoms with E-state index in [1.807, 2.05) is 37.3 Å². The lowest BCUT2D eigenvalue weighted by Crippen LogP contribution is -2.20. The molecule has 1 aromatic carbocycles. The first-order chi connectivity index (χ1) is 10.5. The van der Waals surface area contributed by atoms with Gasteiger partial charge in [-0.25, -0.2) is 4.68 Å². The number of hydrogen-bond donors (Lipinski definition) is 1. The van der Waals surface area contributed by atoms with E-state index in [0.717, 1.165) is 11.3 Å². The Morgan fingerprint density at radius 2 is 2.18 bits per heavy atom. The fourth-order valence-electron chi connectivity index (χ4n) is 2.44. The van der Waals surface area contributed by atoms with E-state index in [1.165, 1.54) is 0 Å². The van der Waals surface area contributed by atoms with Crippen molar-refractivity contribution >= 4 is 11.7 Å². The van der Waals surface area contributed by atoms with Gasteiger partial charge in [0.1, 0.15) is 11.7 Å². The predicted molar refractivity (Wildman–Crippen MR) is 80.0 cm³/mol. The molecule has 3 rings (SSSR count). The minimum atomic E-state index is -0.744. The van der Waals surface area contributed by atoms with Crippen molar-refractivity contribution in [1.29, 1.82) is 0 Å². The van der Waals surface area contributed by atoms with Crippen LogP contribution in [0.3, 0.4) is 0 Å². The van der Waals surface area contributed by atoms with Crippen LogP contribution in [0.1, 0.15) is 17.7 Å². The molecule has 0 unspecified atom stereocenters. The molecule has 1 heterocycles. The van der Waals surface area contributed by atoms with Gasteiger partial charge < -0.3 is 5.32 Å². The zero-order valence-corrected chi connectivity index (χ0v) is 12.1. The Balaban J connectivity index is 1.72. The Kier molecular flexibility index (Phi) is 3.62. The maximum atomic E-state index is 12.0. The molecule has 1 N–H and O–H groups in total. The number of rotatable bonds is 5. The summed E-state index contributed by atoms with van der Waals surface area (Å²) in [6.45, 7) is 2.38. The number of carbonyl (C=O) groups is 1. The lowest BCUT2D eigenvalue weighted by atomic mass is 10.2. The van der Waals surface area contributed by atoms with Gasteiger partial charge in [-0.1, -0.05) is 30.3 Å². The van der Waals surface area contributed by atoms with E-state index in [2.05, 4.69) is 10.4 Å². The van der Waals surface area contributed by atoms with Crippen molar-refractivity contribution < 1.29 is 9.72 Å². The number of nitrogens with zero attached hydrogens (tertiary/aromatic N) is 3. The second-order valence-corrected chi connectivity index (χ2v) is 5.50. The van der Waals surface area contributed by atoms with Gasteiger partial charge in [-0.15, -0.1) is 0 Å². The molecule has 1 amide bonds. The van der Waals surface area contributed by atoms with Crippen LogP contribution in [0.2, 0.25) is 0 Å². The number of aryl methyl sites for hydroxylation is 1. The first-order valence-corrected chi connectivity index (χ1v) is 7.07. The van der Waals surface area contributed by atoms with E-state index in [1.54, 1.807) is 10.7 Å². The highest BCUT2D eigenvalue weighted by Crippen LogP contribution is 2.34. The fraction of sp³-hybridized carbons (Fsp3) is 0.333. The molecular formula is C15H16N4O3. The molecule has 0 spiro atoms. The van der Waals surface area contributed by atoms with E-state index >= 15 is 0 Å². The Morgan fingerprint density at radius 1 is 1.45 bits per heavy atom. The van der Waals surface area contributed by atoms with Crippen molar-refractivity contribution in [3.8, 4) is 0 Å². The highest BCUT2D eigenvalue weighted by Gasteiger charge is 2.53. The molecular weight excluding hydrogens is 284 g/mol. The number of hydrogen-bond acceptors (Lipinski definition) is 4. The summed E-state index contributed by atoms with van der Waals surface area (Å²) in [6, 6.07) is 10.8. The number of nitrogens with one attached hydrogen (secondary N) is 1. The third kappa shape index (κ3) is 2.98. The highest BCUT2D eigenvalue weighted by molar-refractivity contribution is 5.94. The van der Waals surface area contributed by atoms with Crippen LogP contribution in [-0.4, -0.2) is 26.7 Å². The summed E-state index contributed by atoms with van der Waals surface area (Å²) in [7, 11) is 0. The molecule has 0 aliphatic heterocycles. The minimum absolute atomic E-state index is 0.309. The second-order valence-electron chi connectivity index (χ2n) is 5.50. The molecule has 1 saturated carbocycles. The van der Waals surface area contributed by atoms with E-state index in [0.29, 0.717) is 18.8 Å². The van der Waals surface area contributed by atoms with Crippen molar-refractivity contribution in [2.75, 3.05) is 5.32 Å². The maximum absolute atomic E-state index is 12.0. The monoisotopic (exact) mass is 300 g/mol. The van der Waals surface area contributed by atoms with Crippen molar-refractivity contribution in [1.82, 2.24) is 9.78 Å². The van der Waals surface area contributed by atoms with E-state index in [9.17, 15) is 14.9 Å². The van der Waals surface area contributed by atoms with Crippen molar-refractivity contribution in [3.63, 3.8) is 0 Å². The lowest BCUT2D eigenvalue weighted by molar-refractivity contribution is -0.497. The van der Waals surface area contributed by atoms with Gasteiger partial charge in [0.2, 0.25) is 11.9 Å². The molecule has 1 fully saturated rings. The number of aromatic nitrogens is 2. The molecule has 22 heavy (non-hydrogen) atoms. The summed E-state index contributed by atoms with van der Waals surface area (Å²) >= 11 is 0. The third-order valence-electron chi connectivity index (χ3n) is 3.69. The van der Waals surface area contributed by atoms with Crippen LogP contribution in [0.15, 0.2) is 36.4 Å². The summed E-state index contributed by atoms with van der Waals surface area (Å²) in [5.41, 5.74) is 1.85. The molecule has 1 aliphatic rings. The van der Waals surface area contributed by atoms with Gasteiger partial charge in [0.05, 0.1) is 12.2 Å². The standard InChI is InChI=1S/C15H16N4O3/c1-10-7-14(16-15(20)12-8-13(12)19(21)22)18(17-10)9-11-5-3-2-4-6-11/h2-7,12-13H,8-9H2,1H3,(H,16,20)/t12-,13-/m0/s1. The van der Waals surface area contributed by atoms with Crippen molar-refractivity contribution in [3.05, 3.63) is 57.8 Å². The Morgan fingerprint density at radius 3 is 2.82 bits per heavy atom. The van der Waals surface area contributed by atoms with Gasteiger partial charge in [0, 0.05) is 17.4 Å². The zero-order chi connectivity index (χ0) is 15.7. The molecule has 7 nitrogen and oxygen atoms in total. The first-order valence-electron chi connectivity index (χ1n) is 7.07. The summed E-state index contributed by atoms with van der Waals surface area (Å²) in [4.78, 5) is 22.3. The molecule has 7 heteroatoms. The van der Waals surface area contributed by atoms with Gasteiger partial charge in [-0.2, -0.15) is 5.10 Å². The Hall–Kier alpha value is -2.70. The number of carbonyl (C=O) groups excluding carboxylic acids is 1. The summed E-state index contributed by atoms with van der Waals surface area (Å²) < 4.78 is 1.70. The first kappa shape index (κ1) is 14.2. The molecule has 114 valence electrons. The van der Waals surface area contributed by atoms with Crippen LogP contribution in [0, 0.1) is 23.0 Å². The van der Waals surface area contributed by atoms with E-state index in [4.69, 9.17) is 0 Å². The molecule has 1 aromatic heterocycles. The smallest absolute Gasteiger partial charge is 0.235 e. The summed E-state index contributed by atoms with van der Waals surface area (Å²) in [5.74, 6) is -0.272. The topological polar surface area (TPSA) is 90.1 Å². The molecule has 2 aromatic rings. The highest BCUT2D eigenvalue weighted by atomic mass is 16.6. The van der Waals surface area contributed by atoms with Crippen LogP contribution >= 0.6 is 0 Å². The summed E-state index contributed by atoms with van der Waals surface area (Å²) in [6.07, 6.45) is 0.310. The van der Waals surface area contributed by atoms with Gasteiger partial charge in [0.25, 0.3) is 0 Å². The average Bonchev–Trinajstić information content (AvgIpc) is 3.21. The van der Waals surface area contributed by atoms with Crippen LogP contribution < -0.4 is 5.32 Å². The Labute approximate surface area is 127 Å². The SMILES string of the molecule is Cc1cc(NC(=O)[C@H]2C[C@@H]2[N+](=O)[O-])n(Cc2ccccc2)n1. The quantitative estimate of drug-likeness (QED) is 0.674. The fourth-order valence-corrected chi connectivity index (χ4v) is 2.44. The van der Waals surface area contributed by atoms with Crippen LogP contribution in [0.4, 0.5) is 5.82 Å². The normalized spacial score (nSPS) is 19.7. The molecule has 2 atom stereocenters. The molecule has 0 bridgehead atoms. The van der Waals surface area contributed by atoms with Gasteiger partial charge >= 0.3 is 0 Å². The van der Waals surface area contributed by atoms with Gasteiger partial charge in [-0.3, -0.25) is 14.9 Å². The summed E-state index contributed by atoms with van der Waals surface area (Å²) in [5, 5.41) is 17.8. The van der Waals surface area contributed by atoms with Crippen LogP contribution in [0.25, 0.3) is 0 Å². The maximum Gasteiger partial charge on any atom is 0.235 e. The Bertz CT molecular complexity index is 711. The molecule has 1 aliphatic carbocycles. The lowest BCUT2D eigenvalue weighted by Gasteiger charge is -2.08. The predicted octanol–water partition coefficient (Wildman–Crippen LogP) is 1.84. The van der Waals surface area contributed by atoms with Crippen LogP contribution in [0.5, 0.6) is 0 Å². The average molecular weight is 300 g/mol. The third-order valence-corrected chi connectivity index (χ3v) is 3.69. The number of anilines is 1. The van der Waals surface area contributed by atoms with Crippen molar-refractivity contribution in [2.24, 2.45) is 5.92 Å². The van der Waals surface area contributed by atoms with Crippen molar-refractivity contribution in [2.45, 2.75) is 25.9 Å². The number of nitro groups is 1. The second kappa shape index (κ2) is 5.59. The molecule has 0 saturated heterocycles. The number of amides is 1. The minimum Gasteiger partial charge on any atom is -0.310 e. The van der Waals surface area contributed by atoms with E-state index in [-0.39, 0.29) is 5.91 Å². The largest absolute Gasteiger partial charge is 0.310 e. The van der Waals surface area contributed by atoms with E-state index < -0.39 is 16.9 Å². The molecule has 0 radical (unpaired) electrons. The van der Waals surface area contributed by atoms with Crippen LogP contribution in [-0.2, 0) is 11.3 Å². The van der Waals surface area contributed by atoms with Gasteiger partial charge in [0.15, 0.2) is 0 Å². The zero-order valence-electron chi connectivity index (χ0n) is 12.1.